The predicted molar refractivity (Wildman–Crippen MR) is 110 cm³/mol. The van der Waals surface area contributed by atoms with E-state index in [1.807, 2.05) is 12.1 Å². The molecule has 1 N–H and O–H groups in total. The van der Waals surface area contributed by atoms with Crippen molar-refractivity contribution in [2.45, 2.75) is 31.3 Å². The molecule has 2 aromatic carbocycles. The molecular weight excluding hydrogens is 358 g/mol. The van der Waals surface area contributed by atoms with E-state index in [2.05, 4.69) is 59.4 Å². The second-order valence-corrected chi connectivity index (χ2v) is 8.17. The summed E-state index contributed by atoms with van der Waals surface area (Å²) in [7, 11) is 2.19. The average Bonchev–Trinajstić information content (AvgIpc) is 3.16. The lowest BCUT2D eigenvalue weighted by Gasteiger charge is -2.41. The topological polar surface area (TPSA) is 41.1 Å². The van der Waals surface area contributed by atoms with Crippen LogP contribution in [0.4, 0.5) is 0 Å². The third-order valence-electron chi connectivity index (χ3n) is 5.92. The summed E-state index contributed by atoms with van der Waals surface area (Å²) in [6, 6.07) is 14.7. The summed E-state index contributed by atoms with van der Waals surface area (Å²) in [6.07, 6.45) is 3.96. The van der Waals surface area contributed by atoms with Gasteiger partial charge in [-0.05, 0) is 57.6 Å². The second-order valence-electron chi connectivity index (χ2n) is 7.73. The number of aromatic amines is 1. The molecule has 1 atom stereocenters. The van der Waals surface area contributed by atoms with Gasteiger partial charge in [0.1, 0.15) is 0 Å². The minimum atomic E-state index is -0.0631. The third kappa shape index (κ3) is 3.75. The molecular formula is C22H26ClN3O. The Morgan fingerprint density at radius 2 is 1.96 bits per heavy atom. The van der Waals surface area contributed by atoms with E-state index >= 15 is 0 Å². The first kappa shape index (κ1) is 18.5. The maximum atomic E-state index is 6.47. The van der Waals surface area contributed by atoms with E-state index < -0.39 is 0 Å². The molecule has 3 aromatic rings. The Bertz CT molecular complexity index is 900. The molecule has 0 aliphatic carbocycles. The van der Waals surface area contributed by atoms with Crippen LogP contribution in [0.25, 0.3) is 10.9 Å². The van der Waals surface area contributed by atoms with Crippen molar-refractivity contribution in [2.75, 3.05) is 26.7 Å². The normalized spacial score (nSPS) is 18.6. The fourth-order valence-corrected chi connectivity index (χ4v) is 4.33. The van der Waals surface area contributed by atoms with Crippen molar-refractivity contribution in [3.05, 3.63) is 64.8 Å². The fraction of sp³-hybridized carbons (Fsp3) is 0.409. The van der Waals surface area contributed by atoms with Gasteiger partial charge in [0.25, 0.3) is 0 Å². The average molecular weight is 384 g/mol. The summed E-state index contributed by atoms with van der Waals surface area (Å²) in [4.78, 5) is 2.40. The van der Waals surface area contributed by atoms with Crippen LogP contribution in [-0.2, 0) is 10.2 Å². The minimum absolute atomic E-state index is 0.0631. The molecule has 4 nitrogen and oxygen atoms in total. The van der Waals surface area contributed by atoms with E-state index in [0.717, 1.165) is 42.4 Å². The van der Waals surface area contributed by atoms with Crippen molar-refractivity contribution >= 4 is 22.5 Å². The molecule has 0 spiro atoms. The lowest BCUT2D eigenvalue weighted by molar-refractivity contribution is 0.00699. The molecule has 1 unspecified atom stereocenters. The molecule has 4 rings (SSSR count). The number of piperidine rings is 1. The van der Waals surface area contributed by atoms with Gasteiger partial charge in [-0.25, -0.2) is 0 Å². The zero-order chi connectivity index (χ0) is 18.9. The highest BCUT2D eigenvalue weighted by molar-refractivity contribution is 6.31. The van der Waals surface area contributed by atoms with Crippen molar-refractivity contribution in [2.24, 2.45) is 0 Å². The van der Waals surface area contributed by atoms with Crippen LogP contribution in [0.5, 0.6) is 0 Å². The van der Waals surface area contributed by atoms with Gasteiger partial charge in [0.05, 0.1) is 24.4 Å². The van der Waals surface area contributed by atoms with Gasteiger partial charge in [-0.2, -0.15) is 5.10 Å². The number of nitrogens with one attached hydrogen (secondary N) is 1. The summed E-state index contributed by atoms with van der Waals surface area (Å²) in [5.41, 5.74) is 3.51. The summed E-state index contributed by atoms with van der Waals surface area (Å²) in [6.45, 7) is 4.98. The lowest BCUT2D eigenvalue weighted by atomic mass is 9.73. The molecule has 0 bridgehead atoms. The van der Waals surface area contributed by atoms with Crippen molar-refractivity contribution in [1.29, 1.82) is 0 Å². The predicted octanol–water partition coefficient (Wildman–Crippen LogP) is 4.96. The highest BCUT2D eigenvalue weighted by Crippen LogP contribution is 2.37. The summed E-state index contributed by atoms with van der Waals surface area (Å²) < 4.78 is 6.47. The van der Waals surface area contributed by atoms with E-state index in [-0.39, 0.29) is 11.5 Å². The number of aromatic nitrogens is 2. The van der Waals surface area contributed by atoms with Crippen LogP contribution in [0.3, 0.4) is 0 Å². The molecule has 27 heavy (non-hydrogen) atoms. The molecule has 142 valence electrons. The van der Waals surface area contributed by atoms with Crippen LogP contribution in [0.15, 0.2) is 48.7 Å². The van der Waals surface area contributed by atoms with Crippen molar-refractivity contribution < 1.29 is 4.74 Å². The lowest BCUT2D eigenvalue weighted by Crippen LogP contribution is -2.44. The zero-order valence-electron chi connectivity index (χ0n) is 15.9. The zero-order valence-corrected chi connectivity index (χ0v) is 16.7. The summed E-state index contributed by atoms with van der Waals surface area (Å²) in [5, 5.41) is 8.98. The van der Waals surface area contributed by atoms with Gasteiger partial charge < -0.3 is 9.64 Å². The number of halogens is 1. The van der Waals surface area contributed by atoms with E-state index in [0.29, 0.717) is 11.6 Å². The molecule has 1 aliphatic rings. The van der Waals surface area contributed by atoms with Crippen LogP contribution in [0.1, 0.15) is 37.0 Å². The number of likely N-dealkylation sites (tertiary alicyclic amines) is 1. The molecule has 0 saturated carbocycles. The van der Waals surface area contributed by atoms with Crippen molar-refractivity contribution in [3.8, 4) is 0 Å². The molecule has 1 fully saturated rings. The van der Waals surface area contributed by atoms with Crippen LogP contribution in [-0.4, -0.2) is 41.8 Å². The summed E-state index contributed by atoms with van der Waals surface area (Å²) in [5.74, 6) is 0. The Morgan fingerprint density at radius 3 is 2.70 bits per heavy atom. The fourth-order valence-electron chi connectivity index (χ4n) is 4.10. The van der Waals surface area contributed by atoms with Crippen LogP contribution >= 0.6 is 11.6 Å². The van der Waals surface area contributed by atoms with Gasteiger partial charge in [0.2, 0.25) is 0 Å². The first-order valence-corrected chi connectivity index (χ1v) is 9.93. The molecule has 0 radical (unpaired) electrons. The van der Waals surface area contributed by atoms with E-state index in [1.165, 1.54) is 5.56 Å². The van der Waals surface area contributed by atoms with Crippen LogP contribution in [0, 0.1) is 0 Å². The van der Waals surface area contributed by atoms with Crippen molar-refractivity contribution in [3.63, 3.8) is 0 Å². The number of ether oxygens (including phenoxy) is 1. The van der Waals surface area contributed by atoms with Gasteiger partial charge in [-0.1, -0.05) is 41.9 Å². The minimum Gasteiger partial charge on any atom is -0.373 e. The molecule has 2 heterocycles. The van der Waals surface area contributed by atoms with E-state index in [1.54, 1.807) is 6.20 Å². The molecule has 1 aliphatic heterocycles. The number of hydrogen-bond acceptors (Lipinski definition) is 3. The third-order valence-corrected chi connectivity index (χ3v) is 6.14. The standard InChI is InChI=1S/C22H26ClN3O/c1-16(20-13-19(23)12-17-14-24-25-21(17)20)27-15-22(8-10-26(2)11-9-22)18-6-4-3-5-7-18/h3-7,12-14,16H,8-11,15H2,1-2H3,(H,24,25). The highest BCUT2D eigenvalue weighted by Gasteiger charge is 2.36. The van der Waals surface area contributed by atoms with Crippen LogP contribution in [0.2, 0.25) is 5.02 Å². The Kier molecular flexibility index (Phi) is 5.22. The first-order chi connectivity index (χ1) is 13.1. The SMILES string of the molecule is CC(OCC1(c2ccccc2)CCN(C)CC1)c1cc(Cl)cc2cn[nH]c12. The number of benzene rings is 2. The maximum absolute atomic E-state index is 6.47. The van der Waals surface area contributed by atoms with Gasteiger partial charge >= 0.3 is 0 Å². The van der Waals surface area contributed by atoms with Crippen molar-refractivity contribution in [1.82, 2.24) is 15.1 Å². The Hall–Kier alpha value is -1.88. The molecule has 0 amide bonds. The number of hydrogen-bond donors (Lipinski definition) is 1. The number of rotatable bonds is 5. The van der Waals surface area contributed by atoms with Crippen LogP contribution < -0.4 is 0 Å². The molecule has 1 aromatic heterocycles. The summed E-state index contributed by atoms with van der Waals surface area (Å²) >= 11 is 6.31. The Labute approximate surface area is 165 Å². The Morgan fingerprint density at radius 1 is 1.22 bits per heavy atom. The van der Waals surface area contributed by atoms with E-state index in [9.17, 15) is 0 Å². The number of fused-ring (bicyclic) bond motifs is 1. The van der Waals surface area contributed by atoms with E-state index in [4.69, 9.17) is 16.3 Å². The van der Waals surface area contributed by atoms with Gasteiger partial charge in [0, 0.05) is 21.4 Å². The van der Waals surface area contributed by atoms with Gasteiger partial charge in [-0.3, -0.25) is 5.10 Å². The van der Waals surface area contributed by atoms with Gasteiger partial charge in [0.15, 0.2) is 0 Å². The first-order valence-electron chi connectivity index (χ1n) is 9.56. The monoisotopic (exact) mass is 383 g/mol. The smallest absolute Gasteiger partial charge is 0.0818 e. The quantitative estimate of drug-likeness (QED) is 0.677. The highest BCUT2D eigenvalue weighted by atomic mass is 35.5. The maximum Gasteiger partial charge on any atom is 0.0818 e. The second kappa shape index (κ2) is 7.63. The number of nitrogens with zero attached hydrogens (tertiary/aromatic N) is 2. The molecule has 1 saturated heterocycles. The molecule has 5 heteroatoms. The number of H-pyrrole nitrogens is 1. The largest absolute Gasteiger partial charge is 0.373 e. The Balaban J connectivity index is 1.58. The van der Waals surface area contributed by atoms with Gasteiger partial charge in [-0.15, -0.1) is 0 Å².